The Morgan fingerprint density at radius 1 is 1.20 bits per heavy atom. The summed E-state index contributed by atoms with van der Waals surface area (Å²) in [5, 5.41) is 2.78. The summed E-state index contributed by atoms with van der Waals surface area (Å²) >= 11 is 0. The number of aromatic nitrogens is 3. The molecule has 0 saturated heterocycles. The molecule has 7 nitrogen and oxygen atoms in total. The normalized spacial score (nSPS) is 18.8. The highest BCUT2D eigenvalue weighted by Gasteiger charge is 2.49. The highest BCUT2D eigenvalue weighted by molar-refractivity contribution is 5.97. The number of halogens is 3. The molecule has 1 amide bonds. The number of carbonyl (C=O) groups is 1. The van der Waals surface area contributed by atoms with Crippen LogP contribution in [-0.2, 0) is 6.54 Å². The molecule has 1 fully saturated rings. The number of fused-ring (bicyclic) bond motifs is 1. The first-order valence-corrected chi connectivity index (χ1v) is 9.45. The highest BCUT2D eigenvalue weighted by atomic mass is 19.4. The lowest BCUT2D eigenvalue weighted by molar-refractivity contribution is -0.196. The fourth-order valence-corrected chi connectivity index (χ4v) is 3.55. The van der Waals surface area contributed by atoms with Gasteiger partial charge in [-0.1, -0.05) is 6.07 Å². The van der Waals surface area contributed by atoms with E-state index in [4.69, 9.17) is 0 Å². The molecule has 158 valence electrons. The minimum Gasteiger partial charge on any atom is -0.357 e. The maximum atomic E-state index is 12.7. The average molecular weight is 419 g/mol. The number of imidazole rings is 1. The third-order valence-corrected chi connectivity index (χ3v) is 5.53. The van der Waals surface area contributed by atoms with E-state index in [9.17, 15) is 22.8 Å². The molecule has 1 saturated carbocycles. The molecule has 1 aromatic carbocycles. The van der Waals surface area contributed by atoms with E-state index in [-0.39, 0.29) is 37.0 Å². The van der Waals surface area contributed by atoms with Crippen molar-refractivity contribution < 1.29 is 18.0 Å². The SMILES string of the molecule is CN(c1ccc(CNC(=O)c2ccc3[nH]c(=O)[nH]c3c2)cn1)C1CC(C(F)(F)F)C1. The van der Waals surface area contributed by atoms with E-state index in [0.717, 1.165) is 5.56 Å². The number of alkyl halides is 3. The van der Waals surface area contributed by atoms with Crippen LogP contribution in [0.1, 0.15) is 28.8 Å². The Bertz CT molecular complexity index is 1110. The maximum absolute atomic E-state index is 12.7. The van der Waals surface area contributed by atoms with Crippen LogP contribution in [0.25, 0.3) is 11.0 Å². The topological polar surface area (TPSA) is 93.9 Å². The summed E-state index contributed by atoms with van der Waals surface area (Å²) in [7, 11) is 1.74. The number of H-pyrrole nitrogens is 2. The first-order chi connectivity index (χ1) is 14.2. The van der Waals surface area contributed by atoms with Crippen LogP contribution in [0.4, 0.5) is 19.0 Å². The molecule has 3 N–H and O–H groups in total. The number of hydrogen-bond donors (Lipinski definition) is 3. The molecule has 30 heavy (non-hydrogen) atoms. The predicted molar refractivity (Wildman–Crippen MR) is 105 cm³/mol. The van der Waals surface area contributed by atoms with E-state index in [1.54, 1.807) is 48.5 Å². The number of anilines is 1. The van der Waals surface area contributed by atoms with Gasteiger partial charge in [-0.2, -0.15) is 13.2 Å². The first-order valence-electron chi connectivity index (χ1n) is 9.45. The Kier molecular flexibility index (Phi) is 5.00. The van der Waals surface area contributed by atoms with Crippen molar-refractivity contribution in [2.45, 2.75) is 31.6 Å². The van der Waals surface area contributed by atoms with Gasteiger partial charge in [-0.3, -0.25) is 4.79 Å². The van der Waals surface area contributed by atoms with Gasteiger partial charge >= 0.3 is 11.9 Å². The Morgan fingerprint density at radius 2 is 1.93 bits per heavy atom. The number of hydrogen-bond acceptors (Lipinski definition) is 4. The summed E-state index contributed by atoms with van der Waals surface area (Å²) in [4.78, 5) is 35.0. The maximum Gasteiger partial charge on any atom is 0.391 e. The molecular formula is C20H20F3N5O2. The lowest BCUT2D eigenvalue weighted by Crippen LogP contribution is -2.48. The molecule has 2 aromatic heterocycles. The third kappa shape index (κ3) is 4.03. The average Bonchev–Trinajstić information content (AvgIpc) is 3.03. The van der Waals surface area contributed by atoms with Crippen molar-refractivity contribution >= 4 is 22.8 Å². The largest absolute Gasteiger partial charge is 0.391 e. The van der Waals surface area contributed by atoms with Crippen molar-refractivity contribution in [2.24, 2.45) is 5.92 Å². The van der Waals surface area contributed by atoms with E-state index < -0.39 is 12.1 Å². The summed E-state index contributed by atoms with van der Waals surface area (Å²) in [5.74, 6) is -0.937. The molecule has 0 aliphatic heterocycles. The van der Waals surface area contributed by atoms with Crippen molar-refractivity contribution in [3.63, 3.8) is 0 Å². The second kappa shape index (κ2) is 7.51. The van der Waals surface area contributed by atoms with Gasteiger partial charge in [0.1, 0.15) is 5.82 Å². The summed E-state index contributed by atoms with van der Waals surface area (Å²) in [6, 6.07) is 8.20. The van der Waals surface area contributed by atoms with Crippen LogP contribution < -0.4 is 15.9 Å². The lowest BCUT2D eigenvalue weighted by atomic mass is 9.79. The molecular weight excluding hydrogens is 399 g/mol. The number of rotatable bonds is 5. The summed E-state index contributed by atoms with van der Waals surface area (Å²) in [5.41, 5.74) is 2.00. The smallest absolute Gasteiger partial charge is 0.357 e. The van der Waals surface area contributed by atoms with Gasteiger partial charge in [-0.15, -0.1) is 0 Å². The van der Waals surface area contributed by atoms with E-state index in [0.29, 0.717) is 22.4 Å². The molecule has 1 aliphatic carbocycles. The van der Waals surface area contributed by atoms with Gasteiger partial charge in [-0.25, -0.2) is 9.78 Å². The monoisotopic (exact) mass is 419 g/mol. The van der Waals surface area contributed by atoms with Crippen LogP contribution in [0.2, 0.25) is 0 Å². The second-order valence-electron chi connectivity index (χ2n) is 7.52. The van der Waals surface area contributed by atoms with Crippen LogP contribution in [0, 0.1) is 5.92 Å². The van der Waals surface area contributed by atoms with Crippen LogP contribution in [-0.4, -0.2) is 40.1 Å². The van der Waals surface area contributed by atoms with E-state index in [1.165, 1.54) is 0 Å². The van der Waals surface area contributed by atoms with Gasteiger partial charge in [0.2, 0.25) is 0 Å². The second-order valence-corrected chi connectivity index (χ2v) is 7.52. The number of carbonyl (C=O) groups excluding carboxylic acids is 1. The summed E-state index contributed by atoms with van der Waals surface area (Å²) < 4.78 is 38.0. The van der Waals surface area contributed by atoms with Gasteiger partial charge in [0.15, 0.2) is 0 Å². The molecule has 0 radical (unpaired) electrons. The minimum atomic E-state index is -4.13. The number of benzene rings is 1. The minimum absolute atomic E-state index is 0.0796. The van der Waals surface area contributed by atoms with E-state index in [1.807, 2.05) is 0 Å². The molecule has 2 heterocycles. The van der Waals surface area contributed by atoms with Crippen molar-refractivity contribution in [2.75, 3.05) is 11.9 Å². The fraction of sp³-hybridized carbons (Fsp3) is 0.350. The molecule has 4 rings (SSSR count). The fourth-order valence-electron chi connectivity index (χ4n) is 3.55. The van der Waals surface area contributed by atoms with E-state index in [2.05, 4.69) is 20.3 Å². The number of aromatic amines is 2. The van der Waals surface area contributed by atoms with Crippen molar-refractivity contribution in [1.29, 1.82) is 0 Å². The van der Waals surface area contributed by atoms with Gasteiger partial charge < -0.3 is 20.2 Å². The first kappa shape index (κ1) is 20.0. The van der Waals surface area contributed by atoms with Gasteiger partial charge in [0.25, 0.3) is 5.91 Å². The Morgan fingerprint density at radius 3 is 2.60 bits per heavy atom. The van der Waals surface area contributed by atoms with Crippen LogP contribution in [0.15, 0.2) is 41.3 Å². The molecule has 0 spiro atoms. The van der Waals surface area contributed by atoms with Crippen LogP contribution in [0.3, 0.4) is 0 Å². The van der Waals surface area contributed by atoms with Crippen molar-refractivity contribution in [1.82, 2.24) is 20.3 Å². The zero-order valence-corrected chi connectivity index (χ0v) is 16.1. The molecule has 10 heteroatoms. The molecule has 0 bridgehead atoms. The zero-order chi connectivity index (χ0) is 21.5. The number of nitrogens with one attached hydrogen (secondary N) is 3. The number of amides is 1. The predicted octanol–water partition coefficient (Wildman–Crippen LogP) is 2.96. The molecule has 0 unspecified atom stereocenters. The van der Waals surface area contributed by atoms with Gasteiger partial charge in [0, 0.05) is 31.4 Å². The Balaban J connectivity index is 1.33. The van der Waals surface area contributed by atoms with Crippen LogP contribution in [0.5, 0.6) is 0 Å². The summed E-state index contributed by atoms with van der Waals surface area (Å²) in [6.45, 7) is 0.247. The quantitative estimate of drug-likeness (QED) is 0.593. The van der Waals surface area contributed by atoms with E-state index >= 15 is 0 Å². The number of pyridine rings is 1. The van der Waals surface area contributed by atoms with Gasteiger partial charge in [-0.05, 0) is 42.7 Å². The summed E-state index contributed by atoms with van der Waals surface area (Å²) in [6.07, 6.45) is -2.38. The molecule has 1 aliphatic rings. The molecule has 0 atom stereocenters. The lowest BCUT2D eigenvalue weighted by Gasteiger charge is -2.42. The highest BCUT2D eigenvalue weighted by Crippen LogP contribution is 2.43. The number of nitrogens with zero attached hydrogens (tertiary/aromatic N) is 2. The van der Waals surface area contributed by atoms with Crippen LogP contribution >= 0.6 is 0 Å². The zero-order valence-electron chi connectivity index (χ0n) is 16.1. The standard InChI is InChI=1S/C20H20F3N5O2/c1-28(14-7-13(8-14)20(21,22)23)17-5-2-11(9-24-17)10-25-18(29)12-3-4-15-16(6-12)27-19(30)26-15/h2-6,9,13-14H,7-8,10H2,1H3,(H,25,29)(H2,26,27,30). The van der Waals surface area contributed by atoms with Crippen molar-refractivity contribution in [3.05, 3.63) is 58.1 Å². The Labute approximate surface area is 169 Å². The van der Waals surface area contributed by atoms with Gasteiger partial charge in [0.05, 0.1) is 17.0 Å². The Hall–Kier alpha value is -3.30. The third-order valence-electron chi connectivity index (χ3n) is 5.53. The molecule has 3 aromatic rings. The van der Waals surface area contributed by atoms with Crippen molar-refractivity contribution in [3.8, 4) is 0 Å².